The maximum absolute atomic E-state index is 9.94. The first-order valence-electron chi connectivity index (χ1n) is 3.34. The molecule has 0 bridgehead atoms. The van der Waals surface area contributed by atoms with Gasteiger partial charge in [0, 0.05) is 12.8 Å². The van der Waals surface area contributed by atoms with Crippen molar-refractivity contribution in [1.82, 2.24) is 0 Å². The van der Waals surface area contributed by atoms with Gasteiger partial charge in [-0.2, -0.15) is 0 Å². The van der Waals surface area contributed by atoms with Gasteiger partial charge in [0.05, 0.1) is 0 Å². The average Bonchev–Trinajstić information content (AvgIpc) is 1.59. The molecule has 3 heteroatoms. The van der Waals surface area contributed by atoms with Gasteiger partial charge in [-0.3, -0.25) is 0 Å². The van der Waals surface area contributed by atoms with Crippen molar-refractivity contribution >= 4 is 6.29 Å². The first-order valence-corrected chi connectivity index (χ1v) is 3.34. The Bertz CT molecular complexity index is 104. The summed E-state index contributed by atoms with van der Waals surface area (Å²) in [6, 6.07) is 0. The highest BCUT2D eigenvalue weighted by Gasteiger charge is 2.18. The monoisotopic (exact) mass is 146 g/mol. The summed E-state index contributed by atoms with van der Waals surface area (Å²) in [5.74, 6) is -1.60. The number of carbonyl (C=O) groups excluding carboxylic acids is 1. The second-order valence-electron chi connectivity index (χ2n) is 2.93. The highest BCUT2D eigenvalue weighted by Crippen LogP contribution is 2.14. The van der Waals surface area contributed by atoms with Gasteiger partial charge in [0.1, 0.15) is 6.29 Å². The van der Waals surface area contributed by atoms with Crippen molar-refractivity contribution in [3.8, 4) is 0 Å². The van der Waals surface area contributed by atoms with Crippen molar-refractivity contribution in [3.05, 3.63) is 0 Å². The summed E-state index contributed by atoms with van der Waals surface area (Å²) >= 11 is 0. The third-order valence-corrected chi connectivity index (χ3v) is 1.23. The van der Waals surface area contributed by atoms with E-state index < -0.39 is 5.79 Å². The van der Waals surface area contributed by atoms with Crippen LogP contribution in [0.25, 0.3) is 0 Å². The Hall–Kier alpha value is -0.410. The first kappa shape index (κ1) is 9.59. The van der Waals surface area contributed by atoms with Crippen LogP contribution in [0.1, 0.15) is 26.7 Å². The molecular weight excluding hydrogens is 132 g/mol. The maximum atomic E-state index is 9.94. The number of hydrogen-bond donors (Lipinski definition) is 2. The fourth-order valence-electron chi connectivity index (χ4n) is 0.908. The van der Waals surface area contributed by atoms with Crippen molar-refractivity contribution < 1.29 is 15.0 Å². The Balaban J connectivity index is 3.56. The van der Waals surface area contributed by atoms with E-state index in [0.29, 0.717) is 6.42 Å². The molecule has 0 aliphatic heterocycles. The Morgan fingerprint density at radius 3 is 2.40 bits per heavy atom. The van der Waals surface area contributed by atoms with E-state index in [1.54, 1.807) is 6.92 Å². The molecule has 3 nitrogen and oxygen atoms in total. The van der Waals surface area contributed by atoms with Gasteiger partial charge in [-0.05, 0) is 12.8 Å². The van der Waals surface area contributed by atoms with E-state index in [1.807, 2.05) is 0 Å². The summed E-state index contributed by atoms with van der Waals surface area (Å²) in [6.07, 6.45) is 1.42. The van der Waals surface area contributed by atoms with Crippen molar-refractivity contribution in [2.75, 3.05) is 0 Å². The SMILES string of the molecule is CC(CC=O)CC(C)(O)O. The van der Waals surface area contributed by atoms with Gasteiger partial charge in [0.25, 0.3) is 0 Å². The first-order chi connectivity index (χ1) is 4.45. The molecule has 1 unspecified atom stereocenters. The smallest absolute Gasteiger partial charge is 0.159 e. The molecule has 0 heterocycles. The lowest BCUT2D eigenvalue weighted by Crippen LogP contribution is -2.25. The normalized spacial score (nSPS) is 14.8. The molecule has 0 rings (SSSR count). The number of hydrogen-bond acceptors (Lipinski definition) is 3. The van der Waals surface area contributed by atoms with E-state index in [0.717, 1.165) is 6.29 Å². The molecule has 0 amide bonds. The fraction of sp³-hybridized carbons (Fsp3) is 0.857. The maximum Gasteiger partial charge on any atom is 0.159 e. The summed E-state index contributed by atoms with van der Waals surface area (Å²) in [6.45, 7) is 3.12. The van der Waals surface area contributed by atoms with Crippen LogP contribution in [0.5, 0.6) is 0 Å². The van der Waals surface area contributed by atoms with Gasteiger partial charge in [-0.1, -0.05) is 6.92 Å². The summed E-state index contributed by atoms with van der Waals surface area (Å²) in [4.78, 5) is 9.94. The zero-order valence-electron chi connectivity index (χ0n) is 6.37. The van der Waals surface area contributed by atoms with E-state index >= 15 is 0 Å². The zero-order chi connectivity index (χ0) is 8.20. The minimum atomic E-state index is -1.64. The third-order valence-electron chi connectivity index (χ3n) is 1.23. The number of aliphatic hydroxyl groups is 2. The van der Waals surface area contributed by atoms with Crippen molar-refractivity contribution in [1.29, 1.82) is 0 Å². The van der Waals surface area contributed by atoms with Crippen LogP contribution < -0.4 is 0 Å². The molecular formula is C7H14O3. The highest BCUT2D eigenvalue weighted by atomic mass is 16.5. The predicted molar refractivity (Wildman–Crippen MR) is 37.3 cm³/mol. The minimum absolute atomic E-state index is 0.0394. The lowest BCUT2D eigenvalue weighted by molar-refractivity contribution is -0.157. The topological polar surface area (TPSA) is 57.5 Å². The molecule has 0 aliphatic carbocycles. The van der Waals surface area contributed by atoms with Gasteiger partial charge in [-0.15, -0.1) is 0 Å². The quantitative estimate of drug-likeness (QED) is 0.443. The summed E-state index contributed by atoms with van der Waals surface area (Å²) in [7, 11) is 0. The number of aldehydes is 1. The summed E-state index contributed by atoms with van der Waals surface area (Å²) in [5.41, 5.74) is 0. The van der Waals surface area contributed by atoms with Gasteiger partial charge >= 0.3 is 0 Å². The van der Waals surface area contributed by atoms with Crippen LogP contribution in [-0.4, -0.2) is 22.3 Å². The second-order valence-corrected chi connectivity index (χ2v) is 2.93. The second kappa shape index (κ2) is 3.68. The van der Waals surface area contributed by atoms with E-state index in [-0.39, 0.29) is 12.3 Å². The molecule has 0 aromatic rings. The summed E-state index contributed by atoms with van der Waals surface area (Å²) < 4.78 is 0. The van der Waals surface area contributed by atoms with Gasteiger partial charge in [0.2, 0.25) is 0 Å². The molecule has 0 spiro atoms. The van der Waals surface area contributed by atoms with Crippen LogP contribution in [0.2, 0.25) is 0 Å². The van der Waals surface area contributed by atoms with Gasteiger partial charge in [-0.25, -0.2) is 0 Å². The molecule has 0 saturated carbocycles. The molecule has 0 radical (unpaired) electrons. The van der Waals surface area contributed by atoms with E-state index in [1.165, 1.54) is 6.92 Å². The van der Waals surface area contributed by atoms with Crippen LogP contribution in [0.4, 0.5) is 0 Å². The Labute approximate surface area is 60.7 Å². The van der Waals surface area contributed by atoms with Crippen LogP contribution in [0.15, 0.2) is 0 Å². The van der Waals surface area contributed by atoms with E-state index in [9.17, 15) is 4.79 Å². The van der Waals surface area contributed by atoms with Crippen molar-refractivity contribution in [2.24, 2.45) is 5.92 Å². The van der Waals surface area contributed by atoms with Crippen LogP contribution in [-0.2, 0) is 4.79 Å². The zero-order valence-corrected chi connectivity index (χ0v) is 6.37. The highest BCUT2D eigenvalue weighted by molar-refractivity contribution is 5.49. The predicted octanol–water partition coefficient (Wildman–Crippen LogP) is 0.302. The number of rotatable bonds is 4. The number of carbonyl (C=O) groups is 1. The molecule has 0 fully saturated rings. The van der Waals surface area contributed by atoms with Crippen LogP contribution in [0.3, 0.4) is 0 Å². The van der Waals surface area contributed by atoms with E-state index in [2.05, 4.69) is 0 Å². The lowest BCUT2D eigenvalue weighted by Gasteiger charge is -2.18. The fourth-order valence-corrected chi connectivity index (χ4v) is 0.908. The van der Waals surface area contributed by atoms with Gasteiger partial charge in [0.15, 0.2) is 5.79 Å². The van der Waals surface area contributed by atoms with Crippen molar-refractivity contribution in [2.45, 2.75) is 32.5 Å². The Morgan fingerprint density at radius 1 is 1.60 bits per heavy atom. The largest absolute Gasteiger partial charge is 0.366 e. The third kappa shape index (κ3) is 5.72. The molecule has 0 aromatic heterocycles. The van der Waals surface area contributed by atoms with Crippen LogP contribution >= 0.6 is 0 Å². The standard InChI is InChI=1S/C7H14O3/c1-6(3-4-8)5-7(2,9)10/h4,6,9-10H,3,5H2,1-2H3. The summed E-state index contributed by atoms with van der Waals surface area (Å²) in [5, 5.41) is 17.7. The van der Waals surface area contributed by atoms with Gasteiger partial charge < -0.3 is 15.0 Å². The molecule has 0 saturated heterocycles. The Morgan fingerprint density at radius 2 is 2.10 bits per heavy atom. The van der Waals surface area contributed by atoms with Crippen molar-refractivity contribution in [3.63, 3.8) is 0 Å². The molecule has 1 atom stereocenters. The molecule has 2 N–H and O–H groups in total. The van der Waals surface area contributed by atoms with Crippen LogP contribution in [0, 0.1) is 5.92 Å². The molecule has 0 aromatic carbocycles. The molecule has 10 heavy (non-hydrogen) atoms. The minimum Gasteiger partial charge on any atom is -0.366 e. The Kier molecular flexibility index (Phi) is 3.53. The average molecular weight is 146 g/mol. The molecule has 0 aliphatic rings. The lowest BCUT2D eigenvalue weighted by atomic mass is 10.00. The van der Waals surface area contributed by atoms with E-state index in [4.69, 9.17) is 10.2 Å². The molecule has 60 valence electrons.